The van der Waals surface area contributed by atoms with Gasteiger partial charge in [0.25, 0.3) is 5.91 Å². The van der Waals surface area contributed by atoms with E-state index in [1.54, 1.807) is 6.07 Å². The number of nitrogens with one attached hydrogen (secondary N) is 1. The average Bonchev–Trinajstić information content (AvgIpc) is 3.22. The van der Waals surface area contributed by atoms with Crippen LogP contribution in [0, 0.1) is 18.8 Å². The summed E-state index contributed by atoms with van der Waals surface area (Å²) in [7, 11) is 0. The second-order valence-electron chi connectivity index (χ2n) is 6.33. The zero-order valence-electron chi connectivity index (χ0n) is 12.6. The van der Waals surface area contributed by atoms with Crippen molar-refractivity contribution in [3.05, 3.63) is 41.7 Å². The maximum Gasteiger partial charge on any atom is 0.292 e. The Morgan fingerprint density at radius 1 is 1.23 bits per heavy atom. The van der Waals surface area contributed by atoms with Gasteiger partial charge in [-0.2, -0.15) is 0 Å². The van der Waals surface area contributed by atoms with E-state index in [0.717, 1.165) is 31.7 Å². The Bertz CT molecular complexity index is 680. The number of hydrogen-bond acceptors (Lipinski definition) is 4. The molecule has 1 aromatic heterocycles. The van der Waals surface area contributed by atoms with E-state index < -0.39 is 0 Å². The molecule has 4 rings (SSSR count). The molecule has 114 valence electrons. The third kappa shape index (κ3) is 2.31. The average molecular weight is 297 g/mol. The summed E-state index contributed by atoms with van der Waals surface area (Å²) in [6, 6.07) is 9.79. The first-order valence-electron chi connectivity index (χ1n) is 7.74. The van der Waals surface area contributed by atoms with Gasteiger partial charge in [-0.05, 0) is 18.8 Å². The largest absolute Gasteiger partial charge is 0.350 e. The van der Waals surface area contributed by atoms with Crippen LogP contribution in [-0.4, -0.2) is 42.1 Å². The van der Waals surface area contributed by atoms with E-state index in [1.807, 2.05) is 36.1 Å². The summed E-state index contributed by atoms with van der Waals surface area (Å²) in [6.07, 6.45) is 0. The topological polar surface area (TPSA) is 58.4 Å². The number of benzene rings is 1. The lowest BCUT2D eigenvalue weighted by Crippen LogP contribution is -2.31. The minimum Gasteiger partial charge on any atom is -0.350 e. The zero-order chi connectivity index (χ0) is 15.1. The van der Waals surface area contributed by atoms with Crippen molar-refractivity contribution in [3.8, 4) is 11.3 Å². The van der Waals surface area contributed by atoms with E-state index in [-0.39, 0.29) is 5.91 Å². The van der Waals surface area contributed by atoms with E-state index in [9.17, 15) is 4.79 Å². The Morgan fingerprint density at radius 3 is 2.59 bits per heavy atom. The van der Waals surface area contributed by atoms with Gasteiger partial charge < -0.3 is 14.7 Å². The number of carbonyl (C=O) groups excluding carboxylic acids is 1. The number of likely N-dealkylation sites (tertiary alicyclic amines) is 1. The number of fused-ring (bicyclic) bond motifs is 1. The highest BCUT2D eigenvalue weighted by atomic mass is 16.5. The number of nitrogens with zero attached hydrogens (tertiary/aromatic N) is 2. The second kappa shape index (κ2) is 5.25. The van der Waals surface area contributed by atoms with Crippen LogP contribution in [-0.2, 0) is 0 Å². The first-order chi connectivity index (χ1) is 10.7. The van der Waals surface area contributed by atoms with Crippen molar-refractivity contribution in [1.82, 2.24) is 15.4 Å². The van der Waals surface area contributed by atoms with Gasteiger partial charge in [0.2, 0.25) is 5.76 Å². The van der Waals surface area contributed by atoms with Gasteiger partial charge >= 0.3 is 0 Å². The highest BCUT2D eigenvalue weighted by molar-refractivity contribution is 5.92. The number of carbonyl (C=O) groups is 1. The van der Waals surface area contributed by atoms with Crippen LogP contribution in [0.15, 0.2) is 34.9 Å². The minimum atomic E-state index is -0.0414. The Hall–Kier alpha value is -2.14. The van der Waals surface area contributed by atoms with Crippen LogP contribution in [0.4, 0.5) is 0 Å². The molecule has 22 heavy (non-hydrogen) atoms. The third-order valence-corrected chi connectivity index (χ3v) is 4.74. The SMILES string of the molecule is Cc1ccc(-c2cc(C(=O)N3C[C@H]4CNC[C@H]4C3)on2)cc1. The summed E-state index contributed by atoms with van der Waals surface area (Å²) in [5.74, 6) is 1.47. The first kappa shape index (κ1) is 13.5. The third-order valence-electron chi connectivity index (χ3n) is 4.74. The molecule has 0 saturated carbocycles. The van der Waals surface area contributed by atoms with Gasteiger partial charge in [-0.15, -0.1) is 0 Å². The number of rotatable bonds is 2. The van der Waals surface area contributed by atoms with Crippen LogP contribution in [0.3, 0.4) is 0 Å². The molecule has 0 radical (unpaired) electrons. The van der Waals surface area contributed by atoms with E-state index in [2.05, 4.69) is 10.5 Å². The van der Waals surface area contributed by atoms with Crippen LogP contribution in [0.25, 0.3) is 11.3 Å². The quantitative estimate of drug-likeness (QED) is 0.920. The number of aryl methyl sites for hydroxylation is 1. The normalized spacial score (nSPS) is 23.8. The minimum absolute atomic E-state index is 0.0414. The molecule has 2 atom stereocenters. The molecule has 2 saturated heterocycles. The fraction of sp³-hybridized carbons (Fsp3) is 0.412. The molecule has 1 N–H and O–H groups in total. The van der Waals surface area contributed by atoms with Crippen molar-refractivity contribution < 1.29 is 9.32 Å². The molecule has 3 heterocycles. The molecule has 0 spiro atoms. The first-order valence-corrected chi connectivity index (χ1v) is 7.74. The molecule has 2 aliphatic rings. The van der Waals surface area contributed by atoms with E-state index >= 15 is 0 Å². The molecular formula is C17H19N3O2. The second-order valence-corrected chi connectivity index (χ2v) is 6.33. The van der Waals surface area contributed by atoms with Crippen molar-refractivity contribution in [2.45, 2.75) is 6.92 Å². The standard InChI is InChI=1S/C17H19N3O2/c1-11-2-4-12(5-3-11)15-6-16(22-19-15)17(21)20-9-13-7-18-8-14(13)10-20/h2-6,13-14,18H,7-10H2,1H3/t13-,14+. The van der Waals surface area contributed by atoms with Crippen LogP contribution in [0.2, 0.25) is 0 Å². The fourth-order valence-electron chi connectivity index (χ4n) is 3.41. The molecule has 5 heteroatoms. The predicted octanol–water partition coefficient (Wildman–Crippen LogP) is 1.94. The highest BCUT2D eigenvalue weighted by Crippen LogP contribution is 2.28. The van der Waals surface area contributed by atoms with Gasteiger partial charge in [0.15, 0.2) is 0 Å². The summed E-state index contributed by atoms with van der Waals surface area (Å²) in [5.41, 5.74) is 2.88. The van der Waals surface area contributed by atoms with Gasteiger partial charge in [-0.1, -0.05) is 35.0 Å². The van der Waals surface area contributed by atoms with Crippen LogP contribution in [0.5, 0.6) is 0 Å². The molecule has 2 aliphatic heterocycles. The zero-order valence-corrected chi connectivity index (χ0v) is 12.6. The Balaban J connectivity index is 1.51. The molecule has 0 bridgehead atoms. The summed E-state index contributed by atoms with van der Waals surface area (Å²) >= 11 is 0. The van der Waals surface area contributed by atoms with Gasteiger partial charge in [0.05, 0.1) is 0 Å². The maximum atomic E-state index is 12.5. The molecule has 0 unspecified atom stereocenters. The van der Waals surface area contributed by atoms with Gasteiger partial charge in [-0.3, -0.25) is 4.79 Å². The van der Waals surface area contributed by atoms with Crippen molar-refractivity contribution in [3.63, 3.8) is 0 Å². The Morgan fingerprint density at radius 2 is 1.91 bits per heavy atom. The summed E-state index contributed by atoms with van der Waals surface area (Å²) < 4.78 is 5.29. The highest BCUT2D eigenvalue weighted by Gasteiger charge is 2.39. The molecular weight excluding hydrogens is 278 g/mol. The molecule has 2 fully saturated rings. The summed E-state index contributed by atoms with van der Waals surface area (Å²) in [5, 5.41) is 7.43. The van der Waals surface area contributed by atoms with E-state index in [0.29, 0.717) is 23.3 Å². The molecule has 5 nitrogen and oxygen atoms in total. The van der Waals surface area contributed by atoms with E-state index in [1.165, 1.54) is 5.56 Å². The van der Waals surface area contributed by atoms with Gasteiger partial charge in [0.1, 0.15) is 5.69 Å². The van der Waals surface area contributed by atoms with Crippen molar-refractivity contribution >= 4 is 5.91 Å². The Kier molecular flexibility index (Phi) is 3.22. The lowest BCUT2D eigenvalue weighted by atomic mass is 10.0. The smallest absolute Gasteiger partial charge is 0.292 e. The number of hydrogen-bond donors (Lipinski definition) is 1. The van der Waals surface area contributed by atoms with Crippen LogP contribution >= 0.6 is 0 Å². The molecule has 2 aromatic rings. The van der Waals surface area contributed by atoms with E-state index in [4.69, 9.17) is 4.52 Å². The number of aromatic nitrogens is 1. The monoisotopic (exact) mass is 297 g/mol. The lowest BCUT2D eigenvalue weighted by molar-refractivity contribution is 0.0740. The number of amides is 1. The molecule has 1 aromatic carbocycles. The predicted molar refractivity (Wildman–Crippen MR) is 82.4 cm³/mol. The summed E-state index contributed by atoms with van der Waals surface area (Å²) in [6.45, 7) is 5.70. The van der Waals surface area contributed by atoms with Crippen molar-refractivity contribution in [2.24, 2.45) is 11.8 Å². The lowest BCUT2D eigenvalue weighted by Gasteiger charge is -2.15. The maximum absolute atomic E-state index is 12.5. The van der Waals surface area contributed by atoms with Crippen molar-refractivity contribution in [2.75, 3.05) is 26.2 Å². The summed E-state index contributed by atoms with van der Waals surface area (Å²) in [4.78, 5) is 14.4. The Labute approximate surface area is 129 Å². The fourth-order valence-corrected chi connectivity index (χ4v) is 3.41. The van der Waals surface area contributed by atoms with Gasteiger partial charge in [-0.25, -0.2) is 0 Å². The van der Waals surface area contributed by atoms with Crippen molar-refractivity contribution in [1.29, 1.82) is 0 Å². The molecule has 0 aliphatic carbocycles. The van der Waals surface area contributed by atoms with Gasteiger partial charge in [0, 0.05) is 37.8 Å². The van der Waals surface area contributed by atoms with Crippen LogP contribution < -0.4 is 5.32 Å². The van der Waals surface area contributed by atoms with Crippen LogP contribution in [0.1, 0.15) is 16.1 Å². The molecule has 1 amide bonds.